The highest BCUT2D eigenvalue weighted by Gasteiger charge is 2.34. The fourth-order valence-corrected chi connectivity index (χ4v) is 2.08. The lowest BCUT2D eigenvalue weighted by Gasteiger charge is -2.42. The van der Waals surface area contributed by atoms with Gasteiger partial charge in [0.15, 0.2) is 0 Å². The van der Waals surface area contributed by atoms with Gasteiger partial charge in [0.25, 0.3) is 5.91 Å². The van der Waals surface area contributed by atoms with Gasteiger partial charge in [0.2, 0.25) is 0 Å². The maximum atomic E-state index is 12.4. The quantitative estimate of drug-likeness (QED) is 0.792. The fraction of sp³-hybridized carbons (Fsp3) is 0.462. The van der Waals surface area contributed by atoms with E-state index in [1.54, 1.807) is 12.1 Å². The lowest BCUT2D eigenvalue weighted by atomic mass is 9.99. The molecule has 0 bridgehead atoms. The summed E-state index contributed by atoms with van der Waals surface area (Å²) in [5, 5.41) is 12.0. The Labute approximate surface area is 106 Å². The standard InChI is InChI=1S/C13H16N4O/c1-13(2)9-15-5-6-17(13)12(18)11-4-3-10(7-14)8-16-11/h3-4,8,15H,5-6,9H2,1-2H3. The molecule has 0 aliphatic carbocycles. The number of amides is 1. The van der Waals surface area contributed by atoms with E-state index in [1.165, 1.54) is 6.20 Å². The molecule has 94 valence electrons. The van der Waals surface area contributed by atoms with Crippen LogP contribution in [-0.4, -0.2) is 41.0 Å². The van der Waals surface area contributed by atoms with Crippen molar-refractivity contribution in [2.24, 2.45) is 0 Å². The van der Waals surface area contributed by atoms with Crippen LogP contribution in [0.1, 0.15) is 29.9 Å². The molecular weight excluding hydrogens is 228 g/mol. The molecule has 2 rings (SSSR count). The van der Waals surface area contributed by atoms with Crippen molar-refractivity contribution in [3.8, 4) is 6.07 Å². The molecule has 0 radical (unpaired) electrons. The number of carbonyl (C=O) groups excluding carboxylic acids is 1. The summed E-state index contributed by atoms with van der Waals surface area (Å²) in [4.78, 5) is 18.3. The second-order valence-electron chi connectivity index (χ2n) is 4.99. The van der Waals surface area contributed by atoms with Gasteiger partial charge in [-0.25, -0.2) is 4.98 Å². The summed E-state index contributed by atoms with van der Waals surface area (Å²) in [5.41, 5.74) is 0.639. The Kier molecular flexibility index (Phi) is 3.30. The van der Waals surface area contributed by atoms with Gasteiger partial charge in [-0.15, -0.1) is 0 Å². The van der Waals surface area contributed by atoms with Crippen LogP contribution in [0.15, 0.2) is 18.3 Å². The van der Waals surface area contributed by atoms with E-state index in [2.05, 4.69) is 10.3 Å². The van der Waals surface area contributed by atoms with Crippen LogP contribution in [-0.2, 0) is 0 Å². The topological polar surface area (TPSA) is 69.0 Å². The fourth-order valence-electron chi connectivity index (χ4n) is 2.08. The zero-order valence-corrected chi connectivity index (χ0v) is 10.6. The molecule has 0 saturated carbocycles. The number of nitriles is 1. The summed E-state index contributed by atoms with van der Waals surface area (Å²) in [5.74, 6) is -0.0778. The molecule has 1 N–H and O–H groups in total. The van der Waals surface area contributed by atoms with Crippen LogP contribution in [0.2, 0.25) is 0 Å². The molecule has 0 unspecified atom stereocenters. The Balaban J connectivity index is 2.22. The Morgan fingerprint density at radius 3 is 2.89 bits per heavy atom. The van der Waals surface area contributed by atoms with Crippen LogP contribution in [0.5, 0.6) is 0 Å². The molecule has 5 heteroatoms. The second kappa shape index (κ2) is 4.75. The summed E-state index contributed by atoms with van der Waals surface area (Å²) in [6.07, 6.45) is 1.43. The van der Waals surface area contributed by atoms with Crippen LogP contribution in [0.4, 0.5) is 0 Å². The minimum atomic E-state index is -0.217. The molecule has 1 aromatic heterocycles. The Bertz CT molecular complexity index is 487. The van der Waals surface area contributed by atoms with Crippen molar-refractivity contribution in [3.05, 3.63) is 29.6 Å². The zero-order chi connectivity index (χ0) is 13.2. The van der Waals surface area contributed by atoms with E-state index in [1.807, 2.05) is 24.8 Å². The third kappa shape index (κ3) is 2.34. The van der Waals surface area contributed by atoms with E-state index >= 15 is 0 Å². The minimum absolute atomic E-state index is 0.0778. The summed E-state index contributed by atoms with van der Waals surface area (Å²) >= 11 is 0. The number of pyridine rings is 1. The minimum Gasteiger partial charge on any atom is -0.330 e. The van der Waals surface area contributed by atoms with Crippen LogP contribution in [0, 0.1) is 11.3 Å². The number of hydrogen-bond donors (Lipinski definition) is 1. The first-order chi connectivity index (χ1) is 8.54. The molecule has 0 spiro atoms. The number of nitrogens with one attached hydrogen (secondary N) is 1. The molecule has 1 fully saturated rings. The number of aromatic nitrogens is 1. The van der Waals surface area contributed by atoms with Crippen molar-refractivity contribution in [1.29, 1.82) is 5.26 Å². The first-order valence-electron chi connectivity index (χ1n) is 5.93. The van der Waals surface area contributed by atoms with Gasteiger partial charge in [-0.05, 0) is 26.0 Å². The van der Waals surface area contributed by atoms with Crippen LogP contribution >= 0.6 is 0 Å². The molecule has 1 saturated heterocycles. The van der Waals surface area contributed by atoms with Crippen LogP contribution < -0.4 is 5.32 Å². The van der Waals surface area contributed by atoms with E-state index in [9.17, 15) is 4.79 Å². The number of hydrogen-bond acceptors (Lipinski definition) is 4. The summed E-state index contributed by atoms with van der Waals surface area (Å²) in [6, 6.07) is 5.22. The maximum Gasteiger partial charge on any atom is 0.272 e. The highest BCUT2D eigenvalue weighted by Crippen LogP contribution is 2.18. The van der Waals surface area contributed by atoms with E-state index in [0.717, 1.165) is 13.1 Å². The number of rotatable bonds is 1. The predicted octanol–water partition coefficient (Wildman–Crippen LogP) is 0.777. The monoisotopic (exact) mass is 244 g/mol. The number of nitrogens with zero attached hydrogens (tertiary/aromatic N) is 3. The van der Waals surface area contributed by atoms with Gasteiger partial charge in [-0.1, -0.05) is 0 Å². The zero-order valence-electron chi connectivity index (χ0n) is 10.6. The van der Waals surface area contributed by atoms with Crippen LogP contribution in [0.25, 0.3) is 0 Å². The first-order valence-corrected chi connectivity index (χ1v) is 5.93. The van der Waals surface area contributed by atoms with Gasteiger partial charge in [-0.2, -0.15) is 5.26 Å². The average molecular weight is 244 g/mol. The van der Waals surface area contributed by atoms with Gasteiger partial charge in [0.05, 0.1) is 11.1 Å². The Hall–Kier alpha value is -1.93. The molecule has 18 heavy (non-hydrogen) atoms. The van der Waals surface area contributed by atoms with Crippen molar-refractivity contribution in [2.45, 2.75) is 19.4 Å². The Morgan fingerprint density at radius 1 is 1.56 bits per heavy atom. The van der Waals surface area contributed by atoms with E-state index in [-0.39, 0.29) is 11.4 Å². The highest BCUT2D eigenvalue weighted by molar-refractivity contribution is 5.93. The van der Waals surface area contributed by atoms with Crippen molar-refractivity contribution in [1.82, 2.24) is 15.2 Å². The molecule has 1 aliphatic rings. The Morgan fingerprint density at radius 2 is 2.33 bits per heavy atom. The van der Waals surface area contributed by atoms with E-state index < -0.39 is 0 Å². The largest absolute Gasteiger partial charge is 0.330 e. The van der Waals surface area contributed by atoms with Gasteiger partial charge in [0.1, 0.15) is 11.8 Å². The smallest absolute Gasteiger partial charge is 0.272 e. The first kappa shape index (κ1) is 12.5. The van der Waals surface area contributed by atoms with E-state index in [4.69, 9.17) is 5.26 Å². The van der Waals surface area contributed by atoms with Gasteiger partial charge in [-0.3, -0.25) is 4.79 Å². The average Bonchev–Trinajstić information content (AvgIpc) is 2.37. The second-order valence-corrected chi connectivity index (χ2v) is 4.99. The summed E-state index contributed by atoms with van der Waals surface area (Å²) in [6.45, 7) is 6.30. The lowest BCUT2D eigenvalue weighted by Crippen LogP contribution is -2.59. The number of carbonyl (C=O) groups is 1. The normalized spacial score (nSPS) is 18.2. The predicted molar refractivity (Wildman–Crippen MR) is 66.9 cm³/mol. The maximum absolute atomic E-state index is 12.4. The van der Waals surface area contributed by atoms with Gasteiger partial charge < -0.3 is 10.2 Å². The van der Waals surface area contributed by atoms with Crippen molar-refractivity contribution >= 4 is 5.91 Å². The van der Waals surface area contributed by atoms with Gasteiger partial charge in [0, 0.05) is 25.8 Å². The molecular formula is C13H16N4O. The SMILES string of the molecule is CC1(C)CNCCN1C(=O)c1ccc(C#N)cn1. The number of piperazine rings is 1. The van der Waals surface area contributed by atoms with Crippen molar-refractivity contribution in [2.75, 3.05) is 19.6 Å². The molecule has 0 atom stereocenters. The van der Waals surface area contributed by atoms with Gasteiger partial charge >= 0.3 is 0 Å². The lowest BCUT2D eigenvalue weighted by molar-refractivity contribution is 0.0471. The van der Waals surface area contributed by atoms with Crippen molar-refractivity contribution < 1.29 is 4.79 Å². The molecule has 1 aromatic rings. The van der Waals surface area contributed by atoms with Crippen molar-refractivity contribution in [3.63, 3.8) is 0 Å². The van der Waals surface area contributed by atoms with Crippen LogP contribution in [0.3, 0.4) is 0 Å². The molecule has 1 amide bonds. The summed E-state index contributed by atoms with van der Waals surface area (Å²) in [7, 11) is 0. The molecule has 5 nitrogen and oxygen atoms in total. The third-order valence-corrected chi connectivity index (χ3v) is 3.16. The summed E-state index contributed by atoms with van der Waals surface area (Å²) < 4.78 is 0. The third-order valence-electron chi connectivity index (χ3n) is 3.16. The highest BCUT2D eigenvalue weighted by atomic mass is 16.2. The molecule has 1 aliphatic heterocycles. The molecule has 2 heterocycles. The molecule has 0 aromatic carbocycles. The van der Waals surface area contributed by atoms with E-state index in [0.29, 0.717) is 17.8 Å².